The number of aromatic nitrogens is 1. The predicted molar refractivity (Wildman–Crippen MR) is 113 cm³/mol. The Morgan fingerprint density at radius 1 is 1.10 bits per heavy atom. The Morgan fingerprint density at radius 3 is 2.62 bits per heavy atom. The van der Waals surface area contributed by atoms with Crippen LogP contribution in [0.25, 0.3) is 10.2 Å². The van der Waals surface area contributed by atoms with Gasteiger partial charge in [0.05, 0.1) is 17.3 Å². The first-order valence-corrected chi connectivity index (χ1v) is 10.5. The molecular weight excluding hydrogens is 386 g/mol. The van der Waals surface area contributed by atoms with Crippen molar-refractivity contribution in [2.45, 2.75) is 25.8 Å². The lowest BCUT2D eigenvalue weighted by atomic mass is 10.2. The zero-order chi connectivity index (χ0) is 20.4. The van der Waals surface area contributed by atoms with E-state index in [2.05, 4.69) is 4.99 Å². The SMILES string of the molecule is COc1cccc(C(=O)N=c2sc3ccccc3n2C(C)C(=O)N2CCCC2)c1. The lowest BCUT2D eigenvalue weighted by Gasteiger charge is -2.22. The van der Waals surface area contributed by atoms with Gasteiger partial charge < -0.3 is 14.2 Å². The number of nitrogens with zero attached hydrogens (tertiary/aromatic N) is 3. The molecule has 0 radical (unpaired) electrons. The molecule has 0 spiro atoms. The molecule has 1 aliphatic heterocycles. The van der Waals surface area contributed by atoms with Gasteiger partial charge in [-0.3, -0.25) is 9.59 Å². The van der Waals surface area contributed by atoms with Crippen LogP contribution in [0.3, 0.4) is 0 Å². The second-order valence-corrected chi connectivity index (χ2v) is 8.09. The maximum atomic E-state index is 13.0. The Labute approximate surface area is 173 Å². The van der Waals surface area contributed by atoms with E-state index in [4.69, 9.17) is 4.74 Å². The molecule has 7 heteroatoms. The summed E-state index contributed by atoms with van der Waals surface area (Å²) in [5.41, 5.74) is 1.36. The highest BCUT2D eigenvalue weighted by Gasteiger charge is 2.26. The number of carbonyl (C=O) groups excluding carboxylic acids is 2. The number of para-hydroxylation sites is 1. The van der Waals surface area contributed by atoms with E-state index in [1.165, 1.54) is 11.3 Å². The zero-order valence-corrected chi connectivity index (χ0v) is 17.3. The highest BCUT2D eigenvalue weighted by molar-refractivity contribution is 7.16. The number of amides is 2. The van der Waals surface area contributed by atoms with Crippen molar-refractivity contribution in [3.63, 3.8) is 0 Å². The minimum Gasteiger partial charge on any atom is -0.497 e. The molecular formula is C22H23N3O3S. The molecule has 1 atom stereocenters. The Balaban J connectivity index is 1.79. The van der Waals surface area contributed by atoms with E-state index in [0.29, 0.717) is 16.1 Å². The van der Waals surface area contributed by atoms with Crippen LogP contribution in [-0.4, -0.2) is 41.5 Å². The van der Waals surface area contributed by atoms with Gasteiger partial charge in [-0.2, -0.15) is 4.99 Å². The summed E-state index contributed by atoms with van der Waals surface area (Å²) < 4.78 is 8.09. The van der Waals surface area contributed by atoms with E-state index in [1.54, 1.807) is 31.4 Å². The normalized spacial score (nSPS) is 15.7. The molecule has 2 heterocycles. The fraction of sp³-hybridized carbons (Fsp3) is 0.318. The van der Waals surface area contributed by atoms with Crippen LogP contribution >= 0.6 is 11.3 Å². The number of likely N-dealkylation sites (tertiary alicyclic amines) is 1. The molecule has 4 rings (SSSR count). The largest absolute Gasteiger partial charge is 0.497 e. The van der Waals surface area contributed by atoms with Gasteiger partial charge in [-0.05, 0) is 50.1 Å². The molecule has 6 nitrogen and oxygen atoms in total. The quantitative estimate of drug-likeness (QED) is 0.661. The minimum atomic E-state index is -0.430. The highest BCUT2D eigenvalue weighted by Crippen LogP contribution is 2.23. The second-order valence-electron chi connectivity index (χ2n) is 7.08. The summed E-state index contributed by atoms with van der Waals surface area (Å²) in [6.07, 6.45) is 2.08. The lowest BCUT2D eigenvalue weighted by Crippen LogP contribution is -2.36. The molecule has 2 aromatic carbocycles. The number of methoxy groups -OCH3 is 1. The number of ether oxygens (including phenoxy) is 1. The Hall–Kier alpha value is -2.93. The minimum absolute atomic E-state index is 0.0707. The topological polar surface area (TPSA) is 63.9 Å². The number of rotatable bonds is 4. The van der Waals surface area contributed by atoms with E-state index in [9.17, 15) is 9.59 Å². The van der Waals surface area contributed by atoms with Crippen molar-refractivity contribution in [1.82, 2.24) is 9.47 Å². The van der Waals surface area contributed by atoms with E-state index in [0.717, 1.165) is 36.1 Å². The van der Waals surface area contributed by atoms with Crippen LogP contribution < -0.4 is 9.54 Å². The molecule has 150 valence electrons. The van der Waals surface area contributed by atoms with Crippen LogP contribution in [0.1, 0.15) is 36.2 Å². The fourth-order valence-corrected chi connectivity index (χ4v) is 4.76. The van der Waals surface area contributed by atoms with Crippen LogP contribution in [0.15, 0.2) is 53.5 Å². The Morgan fingerprint density at radius 2 is 1.86 bits per heavy atom. The summed E-state index contributed by atoms with van der Waals surface area (Å²) in [5, 5.41) is 0. The summed E-state index contributed by atoms with van der Waals surface area (Å²) in [6, 6.07) is 14.3. The Bertz CT molecular complexity index is 1130. The highest BCUT2D eigenvalue weighted by atomic mass is 32.1. The van der Waals surface area contributed by atoms with Gasteiger partial charge in [0.1, 0.15) is 11.8 Å². The van der Waals surface area contributed by atoms with Gasteiger partial charge in [-0.25, -0.2) is 0 Å². The first kappa shape index (κ1) is 19.4. The summed E-state index contributed by atoms with van der Waals surface area (Å²) in [5.74, 6) is 0.319. The number of fused-ring (bicyclic) bond motifs is 1. The number of benzene rings is 2. The zero-order valence-electron chi connectivity index (χ0n) is 16.5. The molecule has 1 unspecified atom stereocenters. The van der Waals surface area contributed by atoms with Gasteiger partial charge in [0.2, 0.25) is 5.91 Å². The molecule has 29 heavy (non-hydrogen) atoms. The first-order valence-electron chi connectivity index (χ1n) is 9.70. The first-order chi connectivity index (χ1) is 14.1. The number of hydrogen-bond acceptors (Lipinski definition) is 4. The van der Waals surface area contributed by atoms with E-state index >= 15 is 0 Å². The third-order valence-electron chi connectivity index (χ3n) is 5.21. The summed E-state index contributed by atoms with van der Waals surface area (Å²) >= 11 is 1.42. The van der Waals surface area contributed by atoms with Crippen LogP contribution in [0.4, 0.5) is 0 Å². The molecule has 1 saturated heterocycles. The monoisotopic (exact) mass is 409 g/mol. The van der Waals surface area contributed by atoms with E-state index in [1.807, 2.05) is 40.7 Å². The molecule has 0 aliphatic carbocycles. The van der Waals surface area contributed by atoms with Gasteiger partial charge in [0.25, 0.3) is 5.91 Å². The van der Waals surface area contributed by atoms with Crippen molar-refractivity contribution in [2.24, 2.45) is 4.99 Å². The number of carbonyl (C=O) groups is 2. The lowest BCUT2D eigenvalue weighted by molar-refractivity contribution is -0.133. The third kappa shape index (κ3) is 3.82. The van der Waals surface area contributed by atoms with Gasteiger partial charge in [0, 0.05) is 18.7 Å². The van der Waals surface area contributed by atoms with Crippen LogP contribution in [-0.2, 0) is 4.79 Å². The van der Waals surface area contributed by atoms with Gasteiger partial charge in [0.15, 0.2) is 4.80 Å². The van der Waals surface area contributed by atoms with Gasteiger partial charge in [-0.1, -0.05) is 29.5 Å². The number of thiazole rings is 1. The van der Waals surface area contributed by atoms with Gasteiger partial charge >= 0.3 is 0 Å². The molecule has 1 aromatic heterocycles. The number of hydrogen-bond donors (Lipinski definition) is 0. The van der Waals surface area contributed by atoms with Crippen molar-refractivity contribution in [3.05, 3.63) is 58.9 Å². The van der Waals surface area contributed by atoms with Crippen LogP contribution in [0.5, 0.6) is 5.75 Å². The van der Waals surface area contributed by atoms with Crippen LogP contribution in [0, 0.1) is 0 Å². The van der Waals surface area contributed by atoms with Crippen LogP contribution in [0.2, 0.25) is 0 Å². The molecule has 0 saturated carbocycles. The Kier molecular flexibility index (Phi) is 5.49. The summed E-state index contributed by atoms with van der Waals surface area (Å²) in [4.78, 5) is 32.7. The van der Waals surface area contributed by atoms with Crippen molar-refractivity contribution in [1.29, 1.82) is 0 Å². The summed E-state index contributed by atoms with van der Waals surface area (Å²) in [6.45, 7) is 3.47. The van der Waals surface area contributed by atoms with Crippen molar-refractivity contribution in [2.75, 3.05) is 20.2 Å². The molecule has 1 fully saturated rings. The predicted octanol–water partition coefficient (Wildman–Crippen LogP) is 3.64. The van der Waals surface area contributed by atoms with Crippen molar-refractivity contribution < 1.29 is 14.3 Å². The van der Waals surface area contributed by atoms with Gasteiger partial charge in [-0.15, -0.1) is 0 Å². The maximum Gasteiger partial charge on any atom is 0.279 e. The van der Waals surface area contributed by atoms with Crippen molar-refractivity contribution in [3.8, 4) is 5.75 Å². The molecule has 3 aromatic rings. The van der Waals surface area contributed by atoms with E-state index < -0.39 is 6.04 Å². The third-order valence-corrected chi connectivity index (χ3v) is 6.24. The second kappa shape index (κ2) is 8.21. The molecule has 0 N–H and O–H groups in total. The molecule has 2 amide bonds. The van der Waals surface area contributed by atoms with E-state index in [-0.39, 0.29) is 11.8 Å². The maximum absolute atomic E-state index is 13.0. The average molecular weight is 410 g/mol. The molecule has 1 aliphatic rings. The molecule has 0 bridgehead atoms. The van der Waals surface area contributed by atoms with Crippen molar-refractivity contribution >= 4 is 33.4 Å². The fourth-order valence-electron chi connectivity index (χ4n) is 3.66. The smallest absolute Gasteiger partial charge is 0.279 e. The average Bonchev–Trinajstić information content (AvgIpc) is 3.40. The standard InChI is InChI=1S/C22H23N3O3S/c1-15(21(27)24-12-5-6-13-24)25-18-10-3-4-11-19(18)29-22(25)23-20(26)16-8-7-9-17(14-16)28-2/h3-4,7-11,14-15H,5-6,12-13H2,1-2H3. The summed E-state index contributed by atoms with van der Waals surface area (Å²) in [7, 11) is 1.56.